The lowest BCUT2D eigenvalue weighted by molar-refractivity contribution is -0.130. The van der Waals surface area contributed by atoms with Gasteiger partial charge in [0.15, 0.2) is 6.61 Å². The summed E-state index contributed by atoms with van der Waals surface area (Å²) in [6, 6.07) is 17.9. The number of hydrazine groups is 1. The first-order valence-electron chi connectivity index (χ1n) is 8.40. The molecule has 2 N–H and O–H groups in total. The molecule has 0 aliphatic heterocycles. The van der Waals surface area contributed by atoms with Crippen molar-refractivity contribution in [3.63, 3.8) is 0 Å². The number of hydrogen-bond acceptors (Lipinski definition) is 4. The fourth-order valence-electron chi connectivity index (χ4n) is 2.45. The highest BCUT2D eigenvalue weighted by Gasteiger charge is 2.20. The third-order valence-corrected chi connectivity index (χ3v) is 3.77. The lowest BCUT2D eigenvalue weighted by atomic mass is 9.94. The standard InChI is InChI=1S/C20H21N3O3/c1-2-6-18(16-7-4-3-5-8-16)20(25)23-22-19(24)14-26-17-11-9-15(13-21)10-12-17/h3-5,7-12,18H,2,6,14H2,1H3,(H,22,24)(H,23,25). The van der Waals surface area contributed by atoms with Crippen molar-refractivity contribution < 1.29 is 14.3 Å². The van der Waals surface area contributed by atoms with Crippen LogP contribution in [0.1, 0.15) is 36.8 Å². The number of nitrogens with one attached hydrogen (secondary N) is 2. The molecule has 0 aliphatic rings. The Morgan fingerprint density at radius 2 is 1.77 bits per heavy atom. The third kappa shape index (κ3) is 5.64. The molecule has 2 amide bonds. The van der Waals surface area contributed by atoms with E-state index in [0.29, 0.717) is 17.7 Å². The summed E-state index contributed by atoms with van der Waals surface area (Å²) >= 11 is 0. The zero-order valence-electron chi connectivity index (χ0n) is 14.6. The van der Waals surface area contributed by atoms with E-state index in [9.17, 15) is 9.59 Å². The Kier molecular flexibility index (Phi) is 7.19. The molecule has 1 atom stereocenters. The minimum Gasteiger partial charge on any atom is -0.484 e. The lowest BCUT2D eigenvalue weighted by Gasteiger charge is -2.17. The molecule has 6 nitrogen and oxygen atoms in total. The monoisotopic (exact) mass is 351 g/mol. The van der Waals surface area contributed by atoms with Crippen LogP contribution in [-0.4, -0.2) is 18.4 Å². The molecule has 2 rings (SSSR count). The topological polar surface area (TPSA) is 91.2 Å². The Morgan fingerprint density at radius 1 is 1.08 bits per heavy atom. The number of carbonyl (C=O) groups excluding carboxylic acids is 2. The minimum absolute atomic E-state index is 0.240. The first kappa shape index (κ1) is 19.0. The first-order valence-corrected chi connectivity index (χ1v) is 8.40. The van der Waals surface area contributed by atoms with Crippen molar-refractivity contribution in [2.24, 2.45) is 0 Å². The van der Waals surface area contributed by atoms with Crippen LogP contribution in [0.15, 0.2) is 54.6 Å². The summed E-state index contributed by atoms with van der Waals surface area (Å²) in [5, 5.41) is 8.74. The van der Waals surface area contributed by atoms with Gasteiger partial charge >= 0.3 is 0 Å². The van der Waals surface area contributed by atoms with Crippen molar-refractivity contribution in [3.8, 4) is 11.8 Å². The summed E-state index contributed by atoms with van der Waals surface area (Å²) in [5.74, 6) is -0.574. The number of amides is 2. The molecule has 0 fully saturated rings. The van der Waals surface area contributed by atoms with Gasteiger partial charge in [-0.3, -0.25) is 20.4 Å². The second-order valence-corrected chi connectivity index (χ2v) is 5.71. The van der Waals surface area contributed by atoms with Crippen LogP contribution in [0, 0.1) is 11.3 Å². The molecular formula is C20H21N3O3. The highest BCUT2D eigenvalue weighted by molar-refractivity contribution is 5.86. The molecule has 0 radical (unpaired) electrons. The Hall–Kier alpha value is -3.33. The van der Waals surface area contributed by atoms with Gasteiger partial charge in [-0.05, 0) is 36.2 Å². The fourth-order valence-corrected chi connectivity index (χ4v) is 2.45. The molecule has 2 aromatic rings. The predicted molar refractivity (Wildman–Crippen MR) is 97.0 cm³/mol. The van der Waals surface area contributed by atoms with Gasteiger partial charge in [0.25, 0.3) is 5.91 Å². The number of hydrogen-bond donors (Lipinski definition) is 2. The van der Waals surface area contributed by atoms with Gasteiger partial charge < -0.3 is 4.74 Å². The van der Waals surface area contributed by atoms with Crippen molar-refractivity contribution in [1.82, 2.24) is 10.9 Å². The molecule has 26 heavy (non-hydrogen) atoms. The van der Waals surface area contributed by atoms with Crippen LogP contribution in [0.5, 0.6) is 5.75 Å². The van der Waals surface area contributed by atoms with Crippen molar-refractivity contribution in [2.45, 2.75) is 25.7 Å². The van der Waals surface area contributed by atoms with Gasteiger partial charge in [-0.15, -0.1) is 0 Å². The summed E-state index contributed by atoms with van der Waals surface area (Å²) in [4.78, 5) is 24.2. The van der Waals surface area contributed by atoms with Gasteiger partial charge in [0, 0.05) is 0 Å². The van der Waals surface area contributed by atoms with E-state index in [1.165, 1.54) is 0 Å². The first-order chi connectivity index (χ1) is 12.6. The van der Waals surface area contributed by atoms with Gasteiger partial charge in [-0.1, -0.05) is 43.7 Å². The second-order valence-electron chi connectivity index (χ2n) is 5.71. The number of nitrogens with zero attached hydrogens (tertiary/aromatic N) is 1. The summed E-state index contributed by atoms with van der Waals surface area (Å²) in [5.41, 5.74) is 6.25. The van der Waals surface area contributed by atoms with Crippen LogP contribution in [-0.2, 0) is 9.59 Å². The molecule has 134 valence electrons. The van der Waals surface area contributed by atoms with E-state index >= 15 is 0 Å². The summed E-state index contributed by atoms with van der Waals surface area (Å²) < 4.78 is 5.32. The normalized spacial score (nSPS) is 11.1. The highest BCUT2D eigenvalue weighted by atomic mass is 16.5. The van der Waals surface area contributed by atoms with E-state index in [0.717, 1.165) is 12.0 Å². The molecule has 0 aromatic heterocycles. The van der Waals surface area contributed by atoms with Gasteiger partial charge in [0.2, 0.25) is 5.91 Å². The SMILES string of the molecule is CCCC(C(=O)NNC(=O)COc1ccc(C#N)cc1)c1ccccc1. The average Bonchev–Trinajstić information content (AvgIpc) is 2.69. The third-order valence-electron chi connectivity index (χ3n) is 3.77. The number of ether oxygens (including phenoxy) is 1. The largest absolute Gasteiger partial charge is 0.484 e. The number of benzene rings is 2. The van der Waals surface area contributed by atoms with Crippen molar-refractivity contribution in [2.75, 3.05) is 6.61 Å². The van der Waals surface area contributed by atoms with E-state index in [1.807, 2.05) is 43.3 Å². The lowest BCUT2D eigenvalue weighted by Crippen LogP contribution is -2.45. The quantitative estimate of drug-likeness (QED) is 0.750. The minimum atomic E-state index is -0.467. The summed E-state index contributed by atoms with van der Waals surface area (Å²) in [7, 11) is 0. The molecule has 0 spiro atoms. The summed E-state index contributed by atoms with van der Waals surface area (Å²) in [6.07, 6.45) is 1.54. The van der Waals surface area contributed by atoms with E-state index in [4.69, 9.17) is 10.00 Å². The summed E-state index contributed by atoms with van der Waals surface area (Å²) in [6.45, 7) is 1.77. The molecule has 0 heterocycles. The Morgan fingerprint density at radius 3 is 2.38 bits per heavy atom. The van der Waals surface area contributed by atoms with E-state index in [1.54, 1.807) is 24.3 Å². The Labute approximate surface area is 152 Å². The van der Waals surface area contributed by atoms with Crippen LogP contribution in [0.2, 0.25) is 0 Å². The maximum atomic E-state index is 12.4. The second kappa shape index (κ2) is 9.84. The maximum Gasteiger partial charge on any atom is 0.276 e. The van der Waals surface area contributed by atoms with Crippen molar-refractivity contribution in [3.05, 3.63) is 65.7 Å². The molecular weight excluding hydrogens is 330 g/mol. The Bertz CT molecular complexity index is 767. The van der Waals surface area contributed by atoms with Gasteiger partial charge in [-0.25, -0.2) is 0 Å². The molecule has 0 bridgehead atoms. The highest BCUT2D eigenvalue weighted by Crippen LogP contribution is 2.20. The zero-order chi connectivity index (χ0) is 18.8. The average molecular weight is 351 g/mol. The molecule has 2 aromatic carbocycles. The van der Waals surface area contributed by atoms with E-state index in [2.05, 4.69) is 10.9 Å². The molecule has 0 saturated heterocycles. The van der Waals surface area contributed by atoms with Gasteiger partial charge in [0.05, 0.1) is 17.6 Å². The van der Waals surface area contributed by atoms with Crippen LogP contribution >= 0.6 is 0 Å². The van der Waals surface area contributed by atoms with Gasteiger partial charge in [-0.2, -0.15) is 5.26 Å². The smallest absolute Gasteiger partial charge is 0.276 e. The number of carbonyl (C=O) groups is 2. The fraction of sp³-hybridized carbons (Fsp3) is 0.250. The van der Waals surface area contributed by atoms with Crippen LogP contribution in [0.3, 0.4) is 0 Å². The van der Waals surface area contributed by atoms with Crippen LogP contribution in [0.25, 0.3) is 0 Å². The number of rotatable bonds is 7. The number of nitriles is 1. The predicted octanol–water partition coefficient (Wildman–Crippen LogP) is 2.67. The van der Waals surface area contributed by atoms with Crippen LogP contribution in [0.4, 0.5) is 0 Å². The van der Waals surface area contributed by atoms with Crippen molar-refractivity contribution in [1.29, 1.82) is 5.26 Å². The molecule has 0 saturated carbocycles. The zero-order valence-corrected chi connectivity index (χ0v) is 14.6. The van der Waals surface area contributed by atoms with Crippen molar-refractivity contribution >= 4 is 11.8 Å². The van der Waals surface area contributed by atoms with E-state index < -0.39 is 5.91 Å². The maximum absolute atomic E-state index is 12.4. The van der Waals surface area contributed by atoms with Crippen LogP contribution < -0.4 is 15.6 Å². The van der Waals surface area contributed by atoms with E-state index in [-0.39, 0.29) is 18.4 Å². The van der Waals surface area contributed by atoms with Gasteiger partial charge in [0.1, 0.15) is 5.75 Å². The Balaban J connectivity index is 1.83. The molecule has 6 heteroatoms. The molecule has 1 unspecified atom stereocenters. The molecule has 0 aliphatic carbocycles.